The van der Waals surface area contributed by atoms with Crippen LogP contribution in [0, 0.1) is 6.92 Å². The van der Waals surface area contributed by atoms with Gasteiger partial charge in [-0.05, 0) is 78.3 Å². The third-order valence-electron chi connectivity index (χ3n) is 6.73. The van der Waals surface area contributed by atoms with Crippen molar-refractivity contribution in [2.24, 2.45) is 0 Å². The number of aliphatic hydroxyl groups is 1. The minimum absolute atomic E-state index is 0.155. The zero-order valence-corrected chi connectivity index (χ0v) is 20.9. The molecule has 4 rings (SSSR count). The van der Waals surface area contributed by atoms with E-state index in [1.807, 2.05) is 54.6 Å². The highest BCUT2D eigenvalue weighted by molar-refractivity contribution is 5.95. The number of amides is 1. The van der Waals surface area contributed by atoms with Gasteiger partial charge in [-0.15, -0.1) is 0 Å². The van der Waals surface area contributed by atoms with Gasteiger partial charge in [0.2, 0.25) is 5.91 Å². The molecule has 1 saturated heterocycles. The highest BCUT2D eigenvalue weighted by atomic mass is 16.4. The van der Waals surface area contributed by atoms with Gasteiger partial charge >= 0.3 is 5.97 Å². The number of benzene rings is 3. The summed E-state index contributed by atoms with van der Waals surface area (Å²) in [4.78, 5) is 26.1. The number of aromatic carboxylic acids is 1. The van der Waals surface area contributed by atoms with Crippen LogP contribution >= 0.6 is 0 Å². The highest BCUT2D eigenvalue weighted by Gasteiger charge is 2.35. The van der Waals surface area contributed by atoms with Crippen LogP contribution in [0.3, 0.4) is 0 Å². The van der Waals surface area contributed by atoms with E-state index in [4.69, 9.17) is 0 Å². The van der Waals surface area contributed by atoms with Gasteiger partial charge in [0, 0.05) is 17.9 Å². The molecular weight excluding hydrogens is 454 g/mol. The lowest BCUT2D eigenvalue weighted by atomic mass is 10.00. The molecule has 2 atom stereocenters. The second-order valence-electron chi connectivity index (χ2n) is 9.59. The van der Waals surface area contributed by atoms with Crippen molar-refractivity contribution in [2.45, 2.75) is 51.9 Å². The Kier molecular flexibility index (Phi) is 7.72. The summed E-state index contributed by atoms with van der Waals surface area (Å²) in [5.41, 5.74) is 5.52. The van der Waals surface area contributed by atoms with Crippen molar-refractivity contribution in [3.8, 4) is 11.1 Å². The molecule has 0 saturated carbocycles. The highest BCUT2D eigenvalue weighted by Crippen LogP contribution is 2.26. The van der Waals surface area contributed by atoms with E-state index >= 15 is 0 Å². The number of carboxylic acid groups (broad SMARTS) is 1. The molecule has 0 spiro atoms. The lowest BCUT2D eigenvalue weighted by molar-refractivity contribution is -0.123. The van der Waals surface area contributed by atoms with Crippen LogP contribution in [0.25, 0.3) is 11.1 Å². The van der Waals surface area contributed by atoms with E-state index in [2.05, 4.69) is 24.5 Å². The molecule has 7 heteroatoms. The molecule has 36 heavy (non-hydrogen) atoms. The number of likely N-dealkylation sites (tertiary alicyclic amines) is 1. The maximum atomic E-state index is 13.1. The van der Waals surface area contributed by atoms with Gasteiger partial charge in [0.05, 0.1) is 11.6 Å². The van der Waals surface area contributed by atoms with Gasteiger partial charge < -0.3 is 20.8 Å². The van der Waals surface area contributed by atoms with Gasteiger partial charge in [0.15, 0.2) is 6.35 Å². The van der Waals surface area contributed by atoms with E-state index in [0.29, 0.717) is 30.1 Å². The average Bonchev–Trinajstić information content (AvgIpc) is 3.35. The van der Waals surface area contributed by atoms with E-state index < -0.39 is 18.4 Å². The summed E-state index contributed by atoms with van der Waals surface area (Å²) in [7, 11) is 0. The molecule has 1 amide bonds. The minimum atomic E-state index is -0.965. The molecule has 7 nitrogen and oxygen atoms in total. The fraction of sp³-hybridized carbons (Fsp3) is 0.310. The molecule has 4 N–H and O–H groups in total. The third kappa shape index (κ3) is 5.75. The van der Waals surface area contributed by atoms with Crippen molar-refractivity contribution >= 4 is 23.3 Å². The van der Waals surface area contributed by atoms with Crippen LogP contribution < -0.4 is 10.6 Å². The molecule has 188 valence electrons. The lowest BCUT2D eigenvalue weighted by Gasteiger charge is -2.29. The van der Waals surface area contributed by atoms with Gasteiger partial charge in [-0.25, -0.2) is 9.69 Å². The molecule has 0 aliphatic carbocycles. The molecule has 0 bridgehead atoms. The van der Waals surface area contributed by atoms with Gasteiger partial charge in [0.25, 0.3) is 0 Å². The molecule has 0 radical (unpaired) electrons. The van der Waals surface area contributed by atoms with Crippen LogP contribution in [0.2, 0.25) is 0 Å². The number of nitrogens with one attached hydrogen (secondary N) is 2. The SMILES string of the molecule is Cc1cc(-c2ccc(NC(=O)[C@H]3CCCN3C(O)Nc3ccc(C(C)C)cc3)cc2)ccc1C(=O)O. The summed E-state index contributed by atoms with van der Waals surface area (Å²) in [5.74, 6) is -0.661. The van der Waals surface area contributed by atoms with Crippen LogP contribution in [-0.2, 0) is 4.79 Å². The molecule has 3 aromatic carbocycles. The standard InChI is InChI=1S/C29H33N3O4/c1-18(2)20-6-11-24(12-7-20)31-29(36)32-16-4-5-26(32)27(33)30-23-13-8-21(9-14-23)22-10-15-25(28(34)35)19(3)17-22/h6-15,17-18,26,29,31,36H,4-5,16H2,1-3H3,(H,30,33)(H,34,35)/t26-,29?/m1/s1. The monoisotopic (exact) mass is 487 g/mol. The van der Waals surface area contributed by atoms with Crippen LogP contribution in [0.1, 0.15) is 54.1 Å². The number of hydrogen-bond donors (Lipinski definition) is 4. The van der Waals surface area contributed by atoms with Gasteiger partial charge in [-0.3, -0.25) is 4.79 Å². The number of nitrogens with zero attached hydrogens (tertiary/aromatic N) is 1. The number of carboxylic acids is 1. The fourth-order valence-corrected chi connectivity index (χ4v) is 4.61. The van der Waals surface area contributed by atoms with Crippen molar-refractivity contribution in [3.63, 3.8) is 0 Å². The zero-order valence-electron chi connectivity index (χ0n) is 20.9. The van der Waals surface area contributed by atoms with Crippen molar-refractivity contribution in [1.29, 1.82) is 0 Å². The first-order valence-corrected chi connectivity index (χ1v) is 12.3. The summed E-state index contributed by atoms with van der Waals surface area (Å²) in [6.07, 6.45) is 0.533. The first-order valence-electron chi connectivity index (χ1n) is 12.3. The first-order chi connectivity index (χ1) is 17.2. The molecular formula is C29H33N3O4. The maximum absolute atomic E-state index is 13.1. The van der Waals surface area contributed by atoms with Gasteiger partial charge in [-0.2, -0.15) is 0 Å². The summed E-state index contributed by atoms with van der Waals surface area (Å²) < 4.78 is 0. The Bertz CT molecular complexity index is 1220. The largest absolute Gasteiger partial charge is 0.478 e. The van der Waals surface area contributed by atoms with Crippen LogP contribution in [0.5, 0.6) is 0 Å². The second-order valence-corrected chi connectivity index (χ2v) is 9.59. The molecule has 3 aromatic rings. The zero-order chi connectivity index (χ0) is 25.8. The fourth-order valence-electron chi connectivity index (χ4n) is 4.61. The normalized spacial score (nSPS) is 16.6. The van der Waals surface area contributed by atoms with Crippen LogP contribution in [0.15, 0.2) is 66.7 Å². The number of hydrogen-bond acceptors (Lipinski definition) is 5. The number of anilines is 2. The predicted octanol–water partition coefficient (Wildman–Crippen LogP) is 5.27. The second kappa shape index (κ2) is 10.9. The molecule has 1 fully saturated rings. The van der Waals surface area contributed by atoms with Crippen molar-refractivity contribution in [1.82, 2.24) is 4.90 Å². The molecule has 1 unspecified atom stereocenters. The molecule has 1 aliphatic heterocycles. The molecule has 0 aromatic heterocycles. The quantitative estimate of drug-likeness (QED) is 0.323. The Balaban J connectivity index is 1.38. The summed E-state index contributed by atoms with van der Waals surface area (Å²) in [5, 5.41) is 26.1. The van der Waals surface area contributed by atoms with E-state index in [9.17, 15) is 19.8 Å². The smallest absolute Gasteiger partial charge is 0.335 e. The first kappa shape index (κ1) is 25.4. The Hall–Kier alpha value is -3.68. The maximum Gasteiger partial charge on any atom is 0.335 e. The van der Waals surface area contributed by atoms with E-state index in [0.717, 1.165) is 23.2 Å². The summed E-state index contributed by atoms with van der Waals surface area (Å²) >= 11 is 0. The topological polar surface area (TPSA) is 102 Å². The van der Waals surface area contributed by atoms with Gasteiger partial charge in [0.1, 0.15) is 0 Å². The predicted molar refractivity (Wildman–Crippen MR) is 142 cm³/mol. The minimum Gasteiger partial charge on any atom is -0.478 e. The average molecular weight is 488 g/mol. The van der Waals surface area contributed by atoms with Gasteiger partial charge in [-0.1, -0.05) is 50.2 Å². The van der Waals surface area contributed by atoms with E-state index in [1.165, 1.54) is 5.56 Å². The molecule has 1 aliphatic rings. The van der Waals surface area contributed by atoms with E-state index in [1.54, 1.807) is 24.0 Å². The number of carbonyl (C=O) groups is 2. The lowest BCUT2D eigenvalue weighted by Crippen LogP contribution is -2.48. The van der Waals surface area contributed by atoms with Crippen LogP contribution in [-0.4, -0.2) is 45.9 Å². The molecule has 1 heterocycles. The number of aryl methyl sites for hydroxylation is 1. The van der Waals surface area contributed by atoms with Crippen molar-refractivity contribution in [3.05, 3.63) is 83.4 Å². The Labute approximate surface area is 211 Å². The Morgan fingerprint density at radius 3 is 2.19 bits per heavy atom. The van der Waals surface area contributed by atoms with Crippen LogP contribution in [0.4, 0.5) is 11.4 Å². The van der Waals surface area contributed by atoms with Crippen molar-refractivity contribution < 1.29 is 19.8 Å². The third-order valence-corrected chi connectivity index (χ3v) is 6.73. The van der Waals surface area contributed by atoms with Crippen molar-refractivity contribution in [2.75, 3.05) is 17.2 Å². The number of rotatable bonds is 8. The summed E-state index contributed by atoms with van der Waals surface area (Å²) in [6.45, 7) is 6.68. The Morgan fingerprint density at radius 2 is 1.58 bits per heavy atom. The number of carbonyl (C=O) groups excluding carboxylic acids is 1. The number of aliphatic hydroxyl groups excluding tert-OH is 1. The summed E-state index contributed by atoms with van der Waals surface area (Å²) in [6, 6.07) is 20.2. The van der Waals surface area contributed by atoms with E-state index in [-0.39, 0.29) is 11.5 Å². The Morgan fingerprint density at radius 1 is 0.944 bits per heavy atom.